The minimum Gasteiger partial charge on any atom is -0.393 e. The molecule has 0 bridgehead atoms. The van der Waals surface area contributed by atoms with Gasteiger partial charge < -0.3 is 19.3 Å². The number of rotatable bonds is 30. The van der Waals surface area contributed by atoms with Gasteiger partial charge in [0.15, 0.2) is 0 Å². The number of ether oxygens (including phenoxy) is 3. The summed E-state index contributed by atoms with van der Waals surface area (Å²) >= 11 is 0. The number of unbranched alkanes of at least 4 members (excludes halogenated alkanes) is 13. The molecule has 0 spiro atoms. The Balaban J connectivity index is 1.23. The van der Waals surface area contributed by atoms with Crippen molar-refractivity contribution >= 4 is 0 Å². The summed E-state index contributed by atoms with van der Waals surface area (Å²) < 4.78 is 18.3. The van der Waals surface area contributed by atoms with Crippen molar-refractivity contribution in [2.75, 3.05) is 46.2 Å². The lowest BCUT2D eigenvalue weighted by molar-refractivity contribution is -0.335. The Morgan fingerprint density at radius 3 is 1.38 bits per heavy atom. The van der Waals surface area contributed by atoms with Crippen LogP contribution in [0.2, 0.25) is 0 Å². The number of hydrogen-bond donors (Lipinski definition) is 1. The van der Waals surface area contributed by atoms with Crippen molar-refractivity contribution in [3.63, 3.8) is 0 Å². The Morgan fingerprint density at radius 1 is 0.500 bits per heavy atom. The van der Waals surface area contributed by atoms with Crippen LogP contribution in [0.5, 0.6) is 0 Å². The second kappa shape index (κ2) is 26.3. The van der Waals surface area contributed by atoms with Gasteiger partial charge in [0, 0.05) is 0 Å². The molecule has 6 nitrogen and oxygen atoms in total. The van der Waals surface area contributed by atoms with E-state index in [-0.39, 0.29) is 13.2 Å². The van der Waals surface area contributed by atoms with Crippen molar-refractivity contribution < 1.29 is 29.1 Å². The molecule has 48 heavy (non-hydrogen) atoms. The quantitative estimate of drug-likeness (QED) is 0.0332. The first-order chi connectivity index (χ1) is 23.8. The molecule has 266 valence electrons. The van der Waals surface area contributed by atoms with Gasteiger partial charge in [-0.15, -0.1) is 0 Å². The van der Waals surface area contributed by atoms with Gasteiger partial charge >= 0.3 is 0 Å². The molecule has 3 aromatic rings. The average Bonchev–Trinajstić information content (AvgIpc) is 3.14. The fourth-order valence-electron chi connectivity index (χ4n) is 6.07. The summed E-state index contributed by atoms with van der Waals surface area (Å²) in [6, 6.07) is 31.0. The van der Waals surface area contributed by atoms with Crippen LogP contribution in [0.15, 0.2) is 91.0 Å². The van der Waals surface area contributed by atoms with Crippen molar-refractivity contribution in [3.05, 3.63) is 108 Å². The number of aliphatic hydroxyl groups is 1. The fourth-order valence-corrected chi connectivity index (χ4v) is 6.07. The largest absolute Gasteiger partial charge is 0.393 e. The van der Waals surface area contributed by atoms with Crippen molar-refractivity contribution in [1.82, 2.24) is 0 Å². The molecule has 0 saturated carbocycles. The molecule has 1 unspecified atom stereocenters. The number of hydrogen-bond acceptors (Lipinski definition) is 6. The standard InChI is InChI=1S/C42H62O6/c1-2-3-4-5-6-7-8-9-10-11-12-13-14-24-31-47-48-41(36-43)37-45-33-32-44-34-35-46-42(38-25-18-15-19-26-38,39-27-20-16-21-28-39)40-29-22-17-23-30-40/h15-23,25-30,41,43H,2-14,24,31-37H2,1H3. The van der Waals surface area contributed by atoms with Crippen LogP contribution in [-0.4, -0.2) is 57.5 Å². The normalized spacial score (nSPS) is 12.4. The van der Waals surface area contributed by atoms with Crippen LogP contribution in [0.25, 0.3) is 0 Å². The third-order valence-corrected chi connectivity index (χ3v) is 8.75. The fraction of sp³-hybridized carbons (Fsp3) is 0.571. The Morgan fingerprint density at radius 2 is 0.917 bits per heavy atom. The lowest BCUT2D eigenvalue weighted by atomic mass is 9.80. The first kappa shape index (κ1) is 39.9. The zero-order valence-corrected chi connectivity index (χ0v) is 29.6. The Labute approximate surface area is 291 Å². The van der Waals surface area contributed by atoms with Crippen LogP contribution in [0.4, 0.5) is 0 Å². The summed E-state index contributed by atoms with van der Waals surface area (Å²) in [5.41, 5.74) is 2.43. The van der Waals surface area contributed by atoms with Crippen LogP contribution in [0.1, 0.15) is 114 Å². The van der Waals surface area contributed by atoms with Gasteiger partial charge in [0.1, 0.15) is 11.7 Å². The zero-order chi connectivity index (χ0) is 33.8. The molecule has 6 heteroatoms. The molecule has 0 heterocycles. The predicted octanol–water partition coefficient (Wildman–Crippen LogP) is 9.82. The summed E-state index contributed by atoms with van der Waals surface area (Å²) in [6.45, 7) is 4.51. The molecule has 0 aliphatic rings. The van der Waals surface area contributed by atoms with Crippen LogP contribution in [-0.2, 0) is 29.6 Å². The molecule has 3 rings (SSSR count). The third kappa shape index (κ3) is 15.3. The van der Waals surface area contributed by atoms with E-state index in [1.807, 2.05) is 54.6 Å². The third-order valence-electron chi connectivity index (χ3n) is 8.75. The summed E-state index contributed by atoms with van der Waals surface area (Å²) in [7, 11) is 0. The SMILES string of the molecule is CCCCCCCCCCCCCCCCOOC(CO)COCCOCCOC(c1ccccc1)(c1ccccc1)c1ccccc1. The Hall–Kier alpha value is -2.58. The van der Waals surface area contributed by atoms with Crippen LogP contribution >= 0.6 is 0 Å². The molecule has 0 aromatic heterocycles. The smallest absolute Gasteiger partial charge is 0.143 e. The highest BCUT2D eigenvalue weighted by Crippen LogP contribution is 2.40. The lowest BCUT2D eigenvalue weighted by Crippen LogP contribution is -2.34. The van der Waals surface area contributed by atoms with E-state index >= 15 is 0 Å². The second-order valence-electron chi connectivity index (χ2n) is 12.6. The average molecular weight is 663 g/mol. The van der Waals surface area contributed by atoms with E-state index in [9.17, 15) is 5.11 Å². The van der Waals surface area contributed by atoms with Crippen molar-refractivity contribution in [3.8, 4) is 0 Å². The van der Waals surface area contributed by atoms with Gasteiger partial charge in [-0.25, -0.2) is 9.78 Å². The van der Waals surface area contributed by atoms with Crippen LogP contribution in [0.3, 0.4) is 0 Å². The molecule has 1 N–H and O–H groups in total. The van der Waals surface area contributed by atoms with E-state index in [4.69, 9.17) is 24.0 Å². The van der Waals surface area contributed by atoms with Gasteiger partial charge in [0.05, 0.1) is 46.2 Å². The highest BCUT2D eigenvalue weighted by molar-refractivity contribution is 5.47. The Bertz CT molecular complexity index is 1030. The number of aliphatic hydroxyl groups excluding tert-OH is 1. The molecule has 0 radical (unpaired) electrons. The summed E-state index contributed by atoms with van der Waals surface area (Å²) in [6.07, 6.45) is 18.0. The van der Waals surface area contributed by atoms with Crippen LogP contribution < -0.4 is 0 Å². The van der Waals surface area contributed by atoms with Crippen molar-refractivity contribution in [2.45, 2.75) is 109 Å². The predicted molar refractivity (Wildman–Crippen MR) is 195 cm³/mol. The highest BCUT2D eigenvalue weighted by atomic mass is 17.2. The van der Waals surface area contributed by atoms with Crippen molar-refractivity contribution in [1.29, 1.82) is 0 Å². The van der Waals surface area contributed by atoms with Gasteiger partial charge in [-0.2, -0.15) is 0 Å². The lowest BCUT2D eigenvalue weighted by Gasteiger charge is -2.36. The molecule has 0 saturated heterocycles. The van der Waals surface area contributed by atoms with Gasteiger partial charge in [-0.1, -0.05) is 181 Å². The summed E-state index contributed by atoms with van der Waals surface area (Å²) in [4.78, 5) is 10.7. The van der Waals surface area contributed by atoms with E-state index in [1.54, 1.807) is 0 Å². The molecular formula is C42H62O6. The topological polar surface area (TPSA) is 66.4 Å². The van der Waals surface area contributed by atoms with Gasteiger partial charge in [0.25, 0.3) is 0 Å². The Kier molecular flexibility index (Phi) is 21.8. The summed E-state index contributed by atoms with van der Waals surface area (Å²) in [5.74, 6) is 0. The van der Waals surface area contributed by atoms with Gasteiger partial charge in [-0.05, 0) is 23.1 Å². The van der Waals surface area contributed by atoms with Crippen LogP contribution in [0, 0.1) is 0 Å². The van der Waals surface area contributed by atoms with E-state index in [0.717, 1.165) is 29.5 Å². The molecule has 0 aliphatic carbocycles. The minimum atomic E-state index is -0.762. The molecule has 0 aliphatic heterocycles. The molecule has 1 atom stereocenters. The number of benzene rings is 3. The maximum Gasteiger partial charge on any atom is 0.143 e. The maximum atomic E-state index is 9.65. The minimum absolute atomic E-state index is 0.159. The van der Waals surface area contributed by atoms with Crippen molar-refractivity contribution in [2.24, 2.45) is 0 Å². The van der Waals surface area contributed by atoms with Gasteiger partial charge in [0.2, 0.25) is 0 Å². The van der Waals surface area contributed by atoms with Gasteiger partial charge in [-0.3, -0.25) is 0 Å². The first-order valence-corrected chi connectivity index (χ1v) is 18.7. The molecule has 0 amide bonds. The van der Waals surface area contributed by atoms with E-state index in [0.29, 0.717) is 33.0 Å². The molecule has 3 aromatic carbocycles. The maximum absolute atomic E-state index is 9.65. The molecular weight excluding hydrogens is 600 g/mol. The van der Waals surface area contributed by atoms with E-state index < -0.39 is 11.7 Å². The first-order valence-electron chi connectivity index (χ1n) is 18.7. The van der Waals surface area contributed by atoms with E-state index in [1.165, 1.54) is 77.0 Å². The summed E-state index contributed by atoms with van der Waals surface area (Å²) in [5, 5.41) is 9.65. The highest BCUT2D eigenvalue weighted by Gasteiger charge is 2.37. The van der Waals surface area contributed by atoms with E-state index in [2.05, 4.69) is 43.3 Å². The zero-order valence-electron chi connectivity index (χ0n) is 29.6. The second-order valence-corrected chi connectivity index (χ2v) is 12.6. The monoisotopic (exact) mass is 662 g/mol. The molecule has 0 fully saturated rings.